The number of halogens is 3. The zero-order valence-electron chi connectivity index (χ0n) is 10.8. The molecule has 0 saturated heterocycles. The molecule has 0 radical (unpaired) electrons. The van der Waals surface area contributed by atoms with E-state index in [2.05, 4.69) is 27.2 Å². The third-order valence-electron chi connectivity index (χ3n) is 2.12. The largest absolute Gasteiger partial charge is 0.376 e. The molecule has 4 nitrogen and oxygen atoms in total. The highest BCUT2D eigenvalue weighted by atomic mass is 79.9. The lowest BCUT2D eigenvalue weighted by molar-refractivity contribution is 0.162. The number of ether oxygens (including phenoxy) is 1. The van der Waals surface area contributed by atoms with Gasteiger partial charge >= 0.3 is 0 Å². The van der Waals surface area contributed by atoms with Gasteiger partial charge in [-0.05, 0) is 19.1 Å². The molecule has 1 aromatic rings. The monoisotopic (exact) mass is 401 g/mol. The maximum Gasteiger partial charge on any atom is 0.243 e. The maximum atomic E-state index is 12.1. The van der Waals surface area contributed by atoms with E-state index in [1.165, 1.54) is 12.1 Å². The molecule has 1 aromatic carbocycles. The van der Waals surface area contributed by atoms with E-state index in [0.29, 0.717) is 11.1 Å². The zero-order valence-corrected chi connectivity index (χ0v) is 14.7. The molecule has 1 rings (SSSR count). The summed E-state index contributed by atoms with van der Waals surface area (Å²) in [5.41, 5.74) is 0.867. The molecule has 0 unspecified atom stereocenters. The van der Waals surface area contributed by atoms with E-state index < -0.39 is 10.0 Å². The fraction of sp³-hybridized carbons (Fsp3) is 0.333. The van der Waals surface area contributed by atoms with Crippen LogP contribution in [0.15, 0.2) is 33.7 Å². The normalized spacial score (nSPS) is 11.6. The molecule has 0 aliphatic carbocycles. The first kappa shape index (κ1) is 17.9. The summed E-state index contributed by atoms with van der Waals surface area (Å²) in [6.07, 6.45) is 0. The molecule has 1 N–H and O–H groups in total. The van der Waals surface area contributed by atoms with Gasteiger partial charge in [0.1, 0.15) is 4.90 Å². The SMILES string of the molecule is C=C(C)COCCNS(=O)(=O)c1c(Cl)cc(Br)cc1Cl. The Bertz CT molecular complexity index is 582. The second-order valence-electron chi connectivity index (χ2n) is 4.11. The summed E-state index contributed by atoms with van der Waals surface area (Å²) in [5.74, 6) is 0. The first-order chi connectivity index (χ1) is 9.24. The summed E-state index contributed by atoms with van der Waals surface area (Å²) in [4.78, 5) is -0.135. The van der Waals surface area contributed by atoms with Crippen LogP contribution in [0.5, 0.6) is 0 Å². The Morgan fingerprint density at radius 3 is 2.45 bits per heavy atom. The molecule has 0 spiro atoms. The molecule has 20 heavy (non-hydrogen) atoms. The van der Waals surface area contributed by atoms with E-state index in [0.717, 1.165) is 5.57 Å². The minimum absolute atomic E-state index is 0.0553. The lowest BCUT2D eigenvalue weighted by Crippen LogP contribution is -2.28. The summed E-state index contributed by atoms with van der Waals surface area (Å²) in [6.45, 7) is 6.25. The Morgan fingerprint density at radius 2 is 1.95 bits per heavy atom. The number of sulfonamides is 1. The van der Waals surface area contributed by atoms with E-state index in [1.807, 2.05) is 6.92 Å². The molecule has 0 fully saturated rings. The molecule has 0 bridgehead atoms. The van der Waals surface area contributed by atoms with E-state index >= 15 is 0 Å². The second-order valence-corrected chi connectivity index (χ2v) is 7.54. The van der Waals surface area contributed by atoms with E-state index in [4.69, 9.17) is 27.9 Å². The van der Waals surface area contributed by atoms with Gasteiger partial charge in [0.15, 0.2) is 0 Å². The average Bonchev–Trinajstić information content (AvgIpc) is 2.25. The minimum atomic E-state index is -3.78. The predicted octanol–water partition coefficient (Wildman–Crippen LogP) is 3.63. The van der Waals surface area contributed by atoms with Gasteiger partial charge in [-0.15, -0.1) is 0 Å². The number of benzene rings is 1. The van der Waals surface area contributed by atoms with Crippen LogP contribution >= 0.6 is 39.1 Å². The van der Waals surface area contributed by atoms with Crippen LogP contribution in [0.3, 0.4) is 0 Å². The van der Waals surface area contributed by atoms with Gasteiger partial charge in [-0.25, -0.2) is 13.1 Å². The van der Waals surface area contributed by atoms with E-state index in [9.17, 15) is 8.42 Å². The van der Waals surface area contributed by atoms with Crippen LogP contribution in [0.4, 0.5) is 0 Å². The molecular formula is C12H14BrCl2NO3S. The number of nitrogens with one attached hydrogen (secondary N) is 1. The van der Waals surface area contributed by atoms with Crippen molar-refractivity contribution in [2.24, 2.45) is 0 Å². The highest BCUT2D eigenvalue weighted by molar-refractivity contribution is 9.10. The van der Waals surface area contributed by atoms with Crippen LogP contribution in [0.25, 0.3) is 0 Å². The summed E-state index contributed by atoms with van der Waals surface area (Å²) in [5, 5.41) is 0.111. The Morgan fingerprint density at radius 1 is 1.40 bits per heavy atom. The van der Waals surface area contributed by atoms with Gasteiger partial charge in [0.2, 0.25) is 10.0 Å². The molecular weight excluding hydrogens is 389 g/mol. The number of hydrogen-bond donors (Lipinski definition) is 1. The third-order valence-corrected chi connectivity index (χ3v) is 4.96. The van der Waals surface area contributed by atoms with E-state index in [-0.39, 0.29) is 28.1 Å². The van der Waals surface area contributed by atoms with Gasteiger partial charge in [-0.2, -0.15) is 0 Å². The van der Waals surface area contributed by atoms with Gasteiger partial charge in [0, 0.05) is 11.0 Å². The molecule has 0 saturated carbocycles. The van der Waals surface area contributed by atoms with Crippen LogP contribution in [-0.2, 0) is 14.8 Å². The summed E-state index contributed by atoms with van der Waals surface area (Å²) in [7, 11) is -3.78. The van der Waals surface area contributed by atoms with Gasteiger partial charge in [-0.1, -0.05) is 51.3 Å². The van der Waals surface area contributed by atoms with Crippen molar-refractivity contribution in [3.8, 4) is 0 Å². The quantitative estimate of drug-likeness (QED) is 0.559. The number of rotatable bonds is 7. The summed E-state index contributed by atoms with van der Waals surface area (Å²) < 4.78 is 32.4. The molecule has 0 aliphatic rings. The Balaban J connectivity index is 2.73. The van der Waals surface area contributed by atoms with Gasteiger partial charge in [0.25, 0.3) is 0 Å². The fourth-order valence-electron chi connectivity index (χ4n) is 1.35. The van der Waals surface area contributed by atoms with Crippen molar-refractivity contribution in [1.29, 1.82) is 0 Å². The van der Waals surface area contributed by atoms with Crippen molar-refractivity contribution < 1.29 is 13.2 Å². The average molecular weight is 403 g/mol. The molecule has 0 aliphatic heterocycles. The summed E-state index contributed by atoms with van der Waals surface area (Å²) in [6, 6.07) is 2.94. The molecule has 0 atom stereocenters. The molecule has 0 amide bonds. The highest BCUT2D eigenvalue weighted by Crippen LogP contribution is 2.32. The van der Waals surface area contributed by atoms with Crippen LogP contribution in [0.1, 0.15) is 6.92 Å². The van der Waals surface area contributed by atoms with Crippen molar-refractivity contribution in [3.63, 3.8) is 0 Å². The second kappa shape index (κ2) is 7.77. The topological polar surface area (TPSA) is 55.4 Å². The van der Waals surface area contributed by atoms with Gasteiger partial charge in [-0.3, -0.25) is 0 Å². The maximum absolute atomic E-state index is 12.1. The lowest BCUT2D eigenvalue weighted by atomic mass is 10.4. The van der Waals surface area contributed by atoms with Crippen LogP contribution in [0, 0.1) is 0 Å². The van der Waals surface area contributed by atoms with Gasteiger partial charge < -0.3 is 4.74 Å². The van der Waals surface area contributed by atoms with E-state index in [1.54, 1.807) is 0 Å². The Labute approximate surface area is 137 Å². The summed E-state index contributed by atoms with van der Waals surface area (Å²) >= 11 is 15.0. The zero-order chi connectivity index (χ0) is 15.3. The van der Waals surface area contributed by atoms with Crippen LogP contribution in [0.2, 0.25) is 10.0 Å². The van der Waals surface area contributed by atoms with Crippen molar-refractivity contribution >= 4 is 49.2 Å². The molecule has 0 heterocycles. The van der Waals surface area contributed by atoms with Crippen molar-refractivity contribution in [2.45, 2.75) is 11.8 Å². The standard InChI is InChI=1S/C12H14BrCl2NO3S/c1-8(2)7-19-4-3-16-20(17,18)12-10(14)5-9(13)6-11(12)15/h5-6,16H,1,3-4,7H2,2H3. The van der Waals surface area contributed by atoms with Crippen molar-refractivity contribution in [3.05, 3.63) is 38.8 Å². The van der Waals surface area contributed by atoms with Crippen LogP contribution in [-0.4, -0.2) is 28.2 Å². The first-order valence-electron chi connectivity index (χ1n) is 5.60. The fourth-order valence-corrected chi connectivity index (χ4v) is 4.30. The lowest BCUT2D eigenvalue weighted by Gasteiger charge is -2.11. The Kier molecular flexibility index (Phi) is 6.97. The van der Waals surface area contributed by atoms with Gasteiger partial charge in [0.05, 0.1) is 23.3 Å². The molecule has 0 aromatic heterocycles. The highest BCUT2D eigenvalue weighted by Gasteiger charge is 2.21. The molecule has 112 valence electrons. The van der Waals surface area contributed by atoms with Crippen LogP contribution < -0.4 is 4.72 Å². The van der Waals surface area contributed by atoms with Crippen molar-refractivity contribution in [2.75, 3.05) is 19.8 Å². The smallest absolute Gasteiger partial charge is 0.243 e. The number of hydrogen-bond acceptors (Lipinski definition) is 3. The minimum Gasteiger partial charge on any atom is -0.376 e. The Hall–Kier alpha value is -0.110. The van der Waals surface area contributed by atoms with Crippen molar-refractivity contribution in [1.82, 2.24) is 4.72 Å². The predicted molar refractivity (Wildman–Crippen MR) is 85.0 cm³/mol. The third kappa shape index (κ3) is 5.35. The first-order valence-corrected chi connectivity index (χ1v) is 8.63. The molecule has 8 heteroatoms.